The summed E-state index contributed by atoms with van der Waals surface area (Å²) in [5, 5.41) is 0.477. The van der Waals surface area contributed by atoms with Gasteiger partial charge in [-0.3, -0.25) is 14.3 Å². The van der Waals surface area contributed by atoms with Crippen LogP contribution in [0, 0.1) is 0 Å². The maximum Gasteiger partial charge on any atom is 0.340 e. The quantitative estimate of drug-likeness (QED) is 0.526. The lowest BCUT2D eigenvalue weighted by atomic mass is 10.2. The molecule has 0 N–H and O–H groups in total. The monoisotopic (exact) mass is 361 g/mol. The van der Waals surface area contributed by atoms with Crippen LogP contribution in [0.3, 0.4) is 0 Å². The van der Waals surface area contributed by atoms with Gasteiger partial charge >= 0.3 is 5.69 Å². The van der Waals surface area contributed by atoms with Crippen molar-refractivity contribution in [3.05, 3.63) is 93.9 Å². The van der Waals surface area contributed by atoms with Crippen molar-refractivity contribution >= 4 is 22.7 Å². The predicted molar refractivity (Wildman–Crippen MR) is 105 cm³/mol. The number of hydrogen-bond acceptors (Lipinski definition) is 4. The van der Waals surface area contributed by atoms with Gasteiger partial charge in [0, 0.05) is 11.1 Å². The van der Waals surface area contributed by atoms with E-state index in [1.54, 1.807) is 52.9 Å². The van der Waals surface area contributed by atoms with E-state index >= 15 is 0 Å². The third kappa shape index (κ3) is 2.64. The maximum absolute atomic E-state index is 13.3. The van der Waals surface area contributed by atoms with Crippen LogP contribution in [0.2, 0.25) is 0 Å². The second kappa shape index (κ2) is 6.65. The van der Waals surface area contributed by atoms with E-state index in [1.807, 2.05) is 36.6 Å². The van der Waals surface area contributed by atoms with Crippen molar-refractivity contribution in [3.8, 4) is 11.4 Å². The Labute approximate surface area is 153 Å². The summed E-state index contributed by atoms with van der Waals surface area (Å²) in [5.74, 6) is 0. The Hall–Kier alpha value is -3.12. The van der Waals surface area contributed by atoms with Crippen molar-refractivity contribution in [3.63, 3.8) is 0 Å². The fraction of sp³-hybridized carbons (Fsp3) is 0.0500. The minimum atomic E-state index is -0.417. The van der Waals surface area contributed by atoms with Crippen molar-refractivity contribution in [2.24, 2.45) is 0 Å². The zero-order valence-corrected chi connectivity index (χ0v) is 14.8. The zero-order valence-electron chi connectivity index (χ0n) is 14.0. The van der Waals surface area contributed by atoms with Crippen LogP contribution in [0.1, 0.15) is 0 Å². The highest BCUT2D eigenvalue weighted by Crippen LogP contribution is 2.20. The summed E-state index contributed by atoms with van der Waals surface area (Å²) in [4.78, 5) is 31.4. The average molecular weight is 361 g/mol. The summed E-state index contributed by atoms with van der Waals surface area (Å²) >= 11 is 1.60. The second-order valence-electron chi connectivity index (χ2n) is 5.69. The highest BCUT2D eigenvalue weighted by molar-refractivity contribution is 7.98. The molecule has 4 aromatic rings. The van der Waals surface area contributed by atoms with Crippen LogP contribution < -0.4 is 11.2 Å². The second-order valence-corrected chi connectivity index (χ2v) is 6.57. The molecule has 0 atom stereocenters. The lowest BCUT2D eigenvalue weighted by Gasteiger charge is -2.14. The van der Waals surface area contributed by atoms with Gasteiger partial charge in [0.05, 0.1) is 28.5 Å². The van der Waals surface area contributed by atoms with Crippen LogP contribution in [0.4, 0.5) is 0 Å². The molecule has 0 amide bonds. The van der Waals surface area contributed by atoms with Gasteiger partial charge < -0.3 is 0 Å². The summed E-state index contributed by atoms with van der Waals surface area (Å²) in [5.41, 5.74) is 0.982. The Morgan fingerprint density at radius 1 is 0.885 bits per heavy atom. The van der Waals surface area contributed by atoms with Crippen LogP contribution >= 0.6 is 11.8 Å². The third-order valence-corrected chi connectivity index (χ3v) is 4.90. The number of hydrogen-bond donors (Lipinski definition) is 0. The van der Waals surface area contributed by atoms with Crippen molar-refractivity contribution < 1.29 is 0 Å². The summed E-state index contributed by atoms with van der Waals surface area (Å²) in [6.45, 7) is 0. The van der Waals surface area contributed by atoms with Gasteiger partial charge in [-0.15, -0.1) is 11.8 Å². The Balaban J connectivity index is 2.16. The van der Waals surface area contributed by atoms with E-state index in [4.69, 9.17) is 0 Å². The molecule has 2 heterocycles. The number of fused-ring (bicyclic) bond motifs is 1. The molecule has 0 spiro atoms. The first-order valence-electron chi connectivity index (χ1n) is 8.02. The van der Waals surface area contributed by atoms with E-state index in [0.29, 0.717) is 16.6 Å². The molecule has 0 aliphatic carbocycles. The lowest BCUT2D eigenvalue weighted by Crippen LogP contribution is -2.38. The Morgan fingerprint density at radius 2 is 1.69 bits per heavy atom. The van der Waals surface area contributed by atoms with Crippen molar-refractivity contribution in [1.82, 2.24) is 14.1 Å². The number of rotatable bonds is 3. The topological polar surface area (TPSA) is 56.9 Å². The highest BCUT2D eigenvalue weighted by Gasteiger charge is 2.15. The molecule has 4 rings (SSSR count). The molecule has 26 heavy (non-hydrogen) atoms. The molecule has 6 heteroatoms. The van der Waals surface area contributed by atoms with Gasteiger partial charge in [0.2, 0.25) is 0 Å². The molecule has 0 saturated carbocycles. The maximum atomic E-state index is 13.3. The molecule has 5 nitrogen and oxygen atoms in total. The Bertz CT molecular complexity index is 1210. The molecule has 0 aliphatic heterocycles. The third-order valence-electron chi connectivity index (χ3n) is 4.18. The predicted octanol–water partition coefficient (Wildman–Crippen LogP) is 3.26. The number of aromatic nitrogens is 3. The normalized spacial score (nSPS) is 11.0. The number of para-hydroxylation sites is 1. The largest absolute Gasteiger partial charge is 0.340 e. The first kappa shape index (κ1) is 16.4. The molecular formula is C20H15N3O2S. The lowest BCUT2D eigenvalue weighted by molar-refractivity contribution is 0.829. The van der Waals surface area contributed by atoms with E-state index < -0.39 is 5.69 Å². The Kier molecular flexibility index (Phi) is 4.18. The van der Waals surface area contributed by atoms with E-state index in [9.17, 15) is 9.59 Å². The smallest absolute Gasteiger partial charge is 0.268 e. The van der Waals surface area contributed by atoms with Gasteiger partial charge in [-0.1, -0.05) is 18.2 Å². The summed E-state index contributed by atoms with van der Waals surface area (Å²) in [6.07, 6.45) is 5.10. The number of thioether (sulfide) groups is 1. The van der Waals surface area contributed by atoms with Crippen LogP contribution in [0.5, 0.6) is 0 Å². The van der Waals surface area contributed by atoms with Crippen LogP contribution in [0.25, 0.3) is 22.3 Å². The molecule has 2 aromatic carbocycles. The van der Waals surface area contributed by atoms with Crippen molar-refractivity contribution in [2.75, 3.05) is 6.26 Å². The van der Waals surface area contributed by atoms with Gasteiger partial charge in [0.25, 0.3) is 5.56 Å². The molecule has 0 unspecified atom stereocenters. The first-order chi connectivity index (χ1) is 12.7. The van der Waals surface area contributed by atoms with Gasteiger partial charge in [-0.25, -0.2) is 9.36 Å². The highest BCUT2D eigenvalue weighted by atomic mass is 32.2. The van der Waals surface area contributed by atoms with Crippen molar-refractivity contribution in [2.45, 2.75) is 4.90 Å². The first-order valence-corrected chi connectivity index (χ1v) is 9.25. The number of pyridine rings is 1. The molecule has 0 aliphatic rings. The molecule has 0 fully saturated rings. The van der Waals surface area contributed by atoms with Gasteiger partial charge in [0.15, 0.2) is 0 Å². The van der Waals surface area contributed by atoms with E-state index in [-0.39, 0.29) is 5.56 Å². The standard InChI is InChI=1S/C20H15N3O2S/c1-26-16-8-4-6-14(12-16)22-18-10-3-2-9-17(18)19(24)23(20(22)25)15-7-5-11-21-13-15/h2-13H,1H3. The molecule has 0 saturated heterocycles. The average Bonchev–Trinajstić information content (AvgIpc) is 2.69. The van der Waals surface area contributed by atoms with E-state index in [2.05, 4.69) is 4.98 Å². The van der Waals surface area contributed by atoms with Gasteiger partial charge in [0.1, 0.15) is 0 Å². The number of benzene rings is 2. The summed E-state index contributed by atoms with van der Waals surface area (Å²) in [7, 11) is 0. The fourth-order valence-corrected chi connectivity index (χ4v) is 3.43. The van der Waals surface area contributed by atoms with Crippen LogP contribution in [-0.4, -0.2) is 20.4 Å². The Morgan fingerprint density at radius 3 is 2.46 bits per heavy atom. The minimum absolute atomic E-state index is 0.351. The molecule has 0 bridgehead atoms. The van der Waals surface area contributed by atoms with Gasteiger partial charge in [-0.2, -0.15) is 0 Å². The van der Waals surface area contributed by atoms with E-state index in [0.717, 1.165) is 10.6 Å². The van der Waals surface area contributed by atoms with Gasteiger partial charge in [-0.05, 0) is 48.7 Å². The van der Waals surface area contributed by atoms with Crippen LogP contribution in [0.15, 0.2) is 87.5 Å². The zero-order chi connectivity index (χ0) is 18.1. The fourth-order valence-electron chi connectivity index (χ4n) is 2.97. The van der Waals surface area contributed by atoms with Crippen molar-refractivity contribution in [1.29, 1.82) is 0 Å². The SMILES string of the molecule is CSc1cccc(-n2c(=O)n(-c3cccnc3)c(=O)c3ccccc32)c1. The summed E-state index contributed by atoms with van der Waals surface area (Å²) < 4.78 is 2.74. The minimum Gasteiger partial charge on any atom is -0.268 e. The summed E-state index contributed by atoms with van der Waals surface area (Å²) in [6, 6.07) is 18.2. The molecule has 0 radical (unpaired) electrons. The number of nitrogens with zero attached hydrogens (tertiary/aromatic N) is 3. The van der Waals surface area contributed by atoms with Crippen LogP contribution in [-0.2, 0) is 0 Å². The van der Waals surface area contributed by atoms with E-state index in [1.165, 1.54) is 10.8 Å². The molecule has 2 aromatic heterocycles. The molecular weight excluding hydrogens is 346 g/mol. The molecule has 128 valence electrons.